The van der Waals surface area contributed by atoms with Crippen molar-refractivity contribution < 1.29 is 4.74 Å². The van der Waals surface area contributed by atoms with Crippen LogP contribution in [0, 0.1) is 0 Å². The molecule has 162 valence electrons. The molecule has 6 rings (SSSR count). The summed E-state index contributed by atoms with van der Waals surface area (Å²) < 4.78 is 7.72. The molecule has 0 amide bonds. The molecule has 0 atom stereocenters. The minimum absolute atomic E-state index is 0.774. The Labute approximate surface area is 186 Å². The molecule has 2 aliphatic rings. The van der Waals surface area contributed by atoms with Crippen LogP contribution >= 0.6 is 0 Å². The van der Waals surface area contributed by atoms with Crippen LogP contribution in [0.3, 0.4) is 0 Å². The number of pyridine rings is 1. The molecule has 0 spiro atoms. The van der Waals surface area contributed by atoms with Crippen molar-refractivity contribution in [2.24, 2.45) is 0 Å². The number of ether oxygens (including phenoxy) is 1. The van der Waals surface area contributed by atoms with E-state index in [0.717, 1.165) is 86.1 Å². The van der Waals surface area contributed by atoms with Gasteiger partial charge in [-0.05, 0) is 24.1 Å². The highest BCUT2D eigenvalue weighted by atomic mass is 16.5. The van der Waals surface area contributed by atoms with Crippen LogP contribution in [0.15, 0.2) is 49.2 Å². The molecule has 3 aromatic heterocycles. The SMILES string of the molecule is c1cc(CCc2ncc(-c3cncc(N4CCNCC4)c3)c3nncn23)c2c(c1)OCC2. The molecule has 8 heteroatoms. The van der Waals surface area contributed by atoms with Gasteiger partial charge in [0.15, 0.2) is 5.65 Å². The Hall–Kier alpha value is -3.52. The quantitative estimate of drug-likeness (QED) is 0.524. The second-order valence-corrected chi connectivity index (χ2v) is 8.27. The number of anilines is 1. The molecular formula is C24H25N7O. The van der Waals surface area contributed by atoms with E-state index in [9.17, 15) is 0 Å². The number of rotatable bonds is 5. The number of nitrogens with zero attached hydrogens (tertiary/aromatic N) is 6. The average Bonchev–Trinajstić information content (AvgIpc) is 3.53. The molecule has 0 aliphatic carbocycles. The maximum atomic E-state index is 5.71. The van der Waals surface area contributed by atoms with Gasteiger partial charge in [0, 0.05) is 68.1 Å². The molecule has 0 radical (unpaired) electrons. The van der Waals surface area contributed by atoms with Gasteiger partial charge in [0.2, 0.25) is 0 Å². The number of nitrogens with one attached hydrogen (secondary N) is 1. The number of benzene rings is 1. The number of aryl methyl sites for hydroxylation is 2. The Balaban J connectivity index is 1.29. The molecule has 0 bridgehead atoms. The van der Waals surface area contributed by atoms with Gasteiger partial charge in [-0.2, -0.15) is 0 Å². The van der Waals surface area contributed by atoms with Crippen LogP contribution < -0.4 is 15.0 Å². The first-order valence-corrected chi connectivity index (χ1v) is 11.2. The molecule has 8 nitrogen and oxygen atoms in total. The molecule has 0 saturated carbocycles. The largest absolute Gasteiger partial charge is 0.493 e. The van der Waals surface area contributed by atoms with E-state index in [4.69, 9.17) is 9.72 Å². The smallest absolute Gasteiger partial charge is 0.171 e. The van der Waals surface area contributed by atoms with Gasteiger partial charge in [0.05, 0.1) is 18.5 Å². The van der Waals surface area contributed by atoms with E-state index >= 15 is 0 Å². The van der Waals surface area contributed by atoms with Crippen molar-refractivity contribution >= 4 is 11.3 Å². The third kappa shape index (κ3) is 3.46. The first kappa shape index (κ1) is 19.2. The summed E-state index contributed by atoms with van der Waals surface area (Å²) in [5.41, 5.74) is 6.57. The first-order chi connectivity index (χ1) is 15.9. The van der Waals surface area contributed by atoms with E-state index in [1.165, 1.54) is 11.1 Å². The lowest BCUT2D eigenvalue weighted by molar-refractivity contribution is 0.357. The van der Waals surface area contributed by atoms with Crippen molar-refractivity contribution in [2.45, 2.75) is 19.3 Å². The standard InChI is InChI=1S/C24H25N7O/c1-2-17(20-6-11-32-22(20)3-1)4-5-23-27-15-21(24-29-28-16-31(23)24)18-12-19(14-26-13-18)30-9-7-25-8-10-30/h1-3,12-16,25H,4-11H2. The summed E-state index contributed by atoms with van der Waals surface area (Å²) in [4.78, 5) is 11.7. The first-order valence-electron chi connectivity index (χ1n) is 11.2. The molecule has 2 aliphatic heterocycles. The minimum Gasteiger partial charge on any atom is -0.493 e. The molecule has 1 fully saturated rings. The Morgan fingerprint density at radius 1 is 1.06 bits per heavy atom. The van der Waals surface area contributed by atoms with E-state index in [0.29, 0.717) is 0 Å². The number of hydrogen-bond donors (Lipinski definition) is 1. The predicted molar refractivity (Wildman–Crippen MR) is 122 cm³/mol. The second kappa shape index (κ2) is 8.20. The van der Waals surface area contributed by atoms with E-state index in [-0.39, 0.29) is 0 Å². The summed E-state index contributed by atoms with van der Waals surface area (Å²) in [5, 5.41) is 12.0. The lowest BCUT2D eigenvalue weighted by Gasteiger charge is -2.29. The topological polar surface area (TPSA) is 80.5 Å². The fourth-order valence-electron chi connectivity index (χ4n) is 4.70. The highest BCUT2D eigenvalue weighted by Gasteiger charge is 2.18. The van der Waals surface area contributed by atoms with Crippen molar-refractivity contribution in [3.63, 3.8) is 0 Å². The lowest BCUT2D eigenvalue weighted by Crippen LogP contribution is -2.43. The Bertz CT molecular complexity index is 1260. The molecular weight excluding hydrogens is 402 g/mol. The fraction of sp³-hybridized carbons (Fsp3) is 0.333. The third-order valence-corrected chi connectivity index (χ3v) is 6.38. The lowest BCUT2D eigenvalue weighted by atomic mass is 10.0. The highest BCUT2D eigenvalue weighted by Crippen LogP contribution is 2.30. The number of piperazine rings is 1. The van der Waals surface area contributed by atoms with Gasteiger partial charge in [0.25, 0.3) is 0 Å². The summed E-state index contributed by atoms with van der Waals surface area (Å²) in [7, 11) is 0. The summed E-state index contributed by atoms with van der Waals surface area (Å²) in [6.07, 6.45) is 10.2. The van der Waals surface area contributed by atoms with Crippen LogP contribution in [0.25, 0.3) is 16.8 Å². The molecule has 32 heavy (non-hydrogen) atoms. The maximum Gasteiger partial charge on any atom is 0.171 e. The zero-order chi connectivity index (χ0) is 21.3. The summed E-state index contributed by atoms with van der Waals surface area (Å²) >= 11 is 0. The van der Waals surface area contributed by atoms with Crippen LogP contribution in [0.2, 0.25) is 0 Å². The number of fused-ring (bicyclic) bond motifs is 2. The maximum absolute atomic E-state index is 5.71. The molecule has 0 unspecified atom stereocenters. The van der Waals surface area contributed by atoms with Gasteiger partial charge in [0.1, 0.15) is 17.9 Å². The second-order valence-electron chi connectivity index (χ2n) is 8.27. The van der Waals surface area contributed by atoms with Crippen molar-refractivity contribution in [2.75, 3.05) is 37.7 Å². The van der Waals surface area contributed by atoms with Gasteiger partial charge in [-0.3, -0.25) is 9.38 Å². The Morgan fingerprint density at radius 3 is 2.94 bits per heavy atom. The Kier molecular flexibility index (Phi) is 4.92. The number of hydrogen-bond acceptors (Lipinski definition) is 7. The zero-order valence-corrected chi connectivity index (χ0v) is 17.9. The monoisotopic (exact) mass is 427 g/mol. The van der Waals surface area contributed by atoms with Gasteiger partial charge < -0.3 is 15.0 Å². The van der Waals surface area contributed by atoms with Crippen LogP contribution in [0.4, 0.5) is 5.69 Å². The van der Waals surface area contributed by atoms with Crippen LogP contribution in [0.1, 0.15) is 17.0 Å². The Morgan fingerprint density at radius 2 is 2.00 bits per heavy atom. The van der Waals surface area contributed by atoms with E-state index < -0.39 is 0 Å². The molecule has 1 N–H and O–H groups in total. The predicted octanol–water partition coefficient (Wildman–Crippen LogP) is 2.32. The molecule has 1 aromatic carbocycles. The minimum atomic E-state index is 0.774. The normalized spacial score (nSPS) is 15.7. The molecule has 5 heterocycles. The molecule has 4 aromatic rings. The molecule has 1 saturated heterocycles. The highest BCUT2D eigenvalue weighted by molar-refractivity contribution is 5.78. The zero-order valence-electron chi connectivity index (χ0n) is 17.9. The average molecular weight is 428 g/mol. The van der Waals surface area contributed by atoms with E-state index in [1.807, 2.05) is 23.0 Å². The van der Waals surface area contributed by atoms with E-state index in [2.05, 4.69) is 49.7 Å². The van der Waals surface area contributed by atoms with Crippen molar-refractivity contribution in [1.29, 1.82) is 0 Å². The van der Waals surface area contributed by atoms with Crippen molar-refractivity contribution in [1.82, 2.24) is 29.9 Å². The summed E-state index contributed by atoms with van der Waals surface area (Å²) in [6, 6.07) is 8.50. The van der Waals surface area contributed by atoms with E-state index in [1.54, 1.807) is 6.33 Å². The van der Waals surface area contributed by atoms with Crippen molar-refractivity contribution in [3.05, 3.63) is 66.1 Å². The van der Waals surface area contributed by atoms with Crippen LogP contribution in [-0.4, -0.2) is 57.4 Å². The summed E-state index contributed by atoms with van der Waals surface area (Å²) in [5.74, 6) is 1.98. The van der Waals surface area contributed by atoms with Gasteiger partial charge in [-0.1, -0.05) is 12.1 Å². The van der Waals surface area contributed by atoms with Gasteiger partial charge >= 0.3 is 0 Å². The fourth-order valence-corrected chi connectivity index (χ4v) is 4.70. The van der Waals surface area contributed by atoms with Gasteiger partial charge in [-0.15, -0.1) is 10.2 Å². The van der Waals surface area contributed by atoms with Gasteiger partial charge in [-0.25, -0.2) is 4.98 Å². The van der Waals surface area contributed by atoms with Crippen LogP contribution in [0.5, 0.6) is 5.75 Å². The van der Waals surface area contributed by atoms with Crippen molar-refractivity contribution in [3.8, 4) is 16.9 Å². The van der Waals surface area contributed by atoms with Crippen LogP contribution in [-0.2, 0) is 19.3 Å². The summed E-state index contributed by atoms with van der Waals surface area (Å²) in [6.45, 7) is 4.72. The number of aromatic nitrogens is 5. The third-order valence-electron chi connectivity index (χ3n) is 6.38.